The molecular formula is C24H23N3O2S2. The second-order valence-corrected chi connectivity index (χ2v) is 10.8. The van der Waals surface area contributed by atoms with Gasteiger partial charge in [-0.25, -0.2) is 4.98 Å². The second-order valence-electron chi connectivity index (χ2n) is 8.81. The lowest BCUT2D eigenvalue weighted by Crippen LogP contribution is -2.36. The molecule has 0 saturated heterocycles. The van der Waals surface area contributed by atoms with Crippen LogP contribution in [0, 0.1) is 5.41 Å². The Bertz CT molecular complexity index is 1230. The number of rotatable bonds is 4. The minimum Gasteiger partial charge on any atom is -0.343 e. The zero-order chi connectivity index (χ0) is 21.6. The lowest BCUT2D eigenvalue weighted by Gasteiger charge is -2.38. The van der Waals surface area contributed by atoms with E-state index < -0.39 is 0 Å². The maximum Gasteiger partial charge on any atom is 0.257 e. The highest BCUT2D eigenvalue weighted by Crippen LogP contribution is 2.48. The Labute approximate surface area is 189 Å². The molecule has 0 unspecified atom stereocenters. The molecule has 1 aliphatic carbocycles. The van der Waals surface area contributed by atoms with Crippen molar-refractivity contribution in [2.75, 3.05) is 5.32 Å². The number of H-pyrrole nitrogens is 1. The van der Waals surface area contributed by atoms with E-state index in [0.29, 0.717) is 23.0 Å². The average Bonchev–Trinajstić information content (AvgIpc) is 3.25. The van der Waals surface area contributed by atoms with Crippen LogP contribution in [0.2, 0.25) is 0 Å². The first kappa shape index (κ1) is 20.3. The van der Waals surface area contributed by atoms with E-state index >= 15 is 0 Å². The van der Waals surface area contributed by atoms with Crippen LogP contribution in [0.15, 0.2) is 69.1 Å². The third-order valence-electron chi connectivity index (χ3n) is 5.75. The van der Waals surface area contributed by atoms with Gasteiger partial charge in [0.1, 0.15) is 5.82 Å². The normalized spacial score (nSPS) is 19.5. The molecule has 1 aromatic carbocycles. The third kappa shape index (κ3) is 3.88. The number of carbonyl (C=O) groups is 1. The summed E-state index contributed by atoms with van der Waals surface area (Å²) < 4.78 is 0. The summed E-state index contributed by atoms with van der Waals surface area (Å²) in [6, 6.07) is 14.1. The van der Waals surface area contributed by atoms with Gasteiger partial charge >= 0.3 is 0 Å². The van der Waals surface area contributed by atoms with E-state index in [9.17, 15) is 9.59 Å². The third-order valence-corrected chi connectivity index (χ3v) is 7.63. The van der Waals surface area contributed by atoms with Gasteiger partial charge in [0, 0.05) is 28.3 Å². The van der Waals surface area contributed by atoms with Gasteiger partial charge in [0.2, 0.25) is 0 Å². The van der Waals surface area contributed by atoms with Crippen LogP contribution in [0.3, 0.4) is 0 Å². The molecule has 2 aliphatic rings. The highest BCUT2D eigenvalue weighted by Gasteiger charge is 2.42. The first-order chi connectivity index (χ1) is 14.9. The molecule has 1 aliphatic heterocycles. The minimum atomic E-state index is -0.362. The fourth-order valence-corrected chi connectivity index (χ4v) is 6.09. The quantitative estimate of drug-likeness (QED) is 0.416. The van der Waals surface area contributed by atoms with E-state index in [4.69, 9.17) is 4.98 Å². The standard InChI is InChI=1S/C24H23N3O2S2/c1-24(2)11-15-18(16(28)12-24)19(17-9-6-10-30-17)20-21(25-15)26-23(27-22(20)29)31-13-14-7-4-3-5-8-14/h3-10,19H,11-13H2,1-2H3,(H2,25,26,27,29)/t19-/m0/s1. The number of aromatic nitrogens is 2. The van der Waals surface area contributed by atoms with Gasteiger partial charge in [-0.1, -0.05) is 62.0 Å². The van der Waals surface area contributed by atoms with Gasteiger partial charge < -0.3 is 10.3 Å². The number of thioether (sulfide) groups is 1. The predicted octanol–water partition coefficient (Wildman–Crippen LogP) is 5.32. The Morgan fingerprint density at radius 1 is 1.13 bits per heavy atom. The number of thiophene rings is 1. The van der Waals surface area contributed by atoms with Gasteiger partial charge in [-0.15, -0.1) is 11.3 Å². The number of nitrogens with zero attached hydrogens (tertiary/aromatic N) is 1. The number of hydrogen-bond acceptors (Lipinski definition) is 6. The van der Waals surface area contributed by atoms with Crippen LogP contribution < -0.4 is 10.9 Å². The molecular weight excluding hydrogens is 426 g/mol. The molecule has 1 atom stereocenters. The number of nitrogens with one attached hydrogen (secondary N) is 2. The topological polar surface area (TPSA) is 74.8 Å². The number of benzene rings is 1. The molecule has 158 valence electrons. The number of ketones is 1. The Morgan fingerprint density at radius 2 is 1.94 bits per heavy atom. The van der Waals surface area contributed by atoms with Gasteiger partial charge in [-0.3, -0.25) is 9.59 Å². The number of Topliss-reactive ketones (excluding diaryl/α,β-unsaturated/α-hetero) is 1. The van der Waals surface area contributed by atoms with Crippen molar-refractivity contribution in [3.63, 3.8) is 0 Å². The van der Waals surface area contributed by atoms with Gasteiger partial charge in [0.05, 0.1) is 11.5 Å². The van der Waals surface area contributed by atoms with E-state index in [0.717, 1.165) is 28.3 Å². The van der Waals surface area contributed by atoms with Crippen LogP contribution >= 0.6 is 23.1 Å². The van der Waals surface area contributed by atoms with Crippen molar-refractivity contribution in [2.45, 2.75) is 43.5 Å². The van der Waals surface area contributed by atoms with Gasteiger partial charge in [-0.2, -0.15) is 0 Å². The van der Waals surface area contributed by atoms with Gasteiger partial charge in [0.15, 0.2) is 10.9 Å². The number of hydrogen-bond donors (Lipinski definition) is 2. The zero-order valence-corrected chi connectivity index (χ0v) is 19.0. The Morgan fingerprint density at radius 3 is 2.68 bits per heavy atom. The highest BCUT2D eigenvalue weighted by molar-refractivity contribution is 7.98. The van der Waals surface area contributed by atoms with Crippen molar-refractivity contribution < 1.29 is 4.79 Å². The Hall–Kier alpha value is -2.64. The van der Waals surface area contributed by atoms with E-state index in [-0.39, 0.29) is 22.7 Å². The summed E-state index contributed by atoms with van der Waals surface area (Å²) in [4.78, 5) is 35.1. The Balaban J connectivity index is 1.57. The van der Waals surface area contributed by atoms with Crippen molar-refractivity contribution in [1.82, 2.24) is 9.97 Å². The molecule has 0 spiro atoms. The molecule has 0 saturated carbocycles. The molecule has 7 heteroatoms. The summed E-state index contributed by atoms with van der Waals surface area (Å²) >= 11 is 3.07. The summed E-state index contributed by atoms with van der Waals surface area (Å²) in [5.74, 6) is 1.04. The van der Waals surface area contributed by atoms with Crippen molar-refractivity contribution >= 4 is 34.7 Å². The van der Waals surface area contributed by atoms with E-state index in [1.54, 1.807) is 11.3 Å². The van der Waals surface area contributed by atoms with E-state index in [1.807, 2.05) is 35.7 Å². The van der Waals surface area contributed by atoms with E-state index in [2.05, 4.69) is 36.3 Å². The summed E-state index contributed by atoms with van der Waals surface area (Å²) in [5.41, 5.74) is 3.04. The molecule has 31 heavy (non-hydrogen) atoms. The lowest BCUT2D eigenvalue weighted by atomic mass is 9.70. The number of allylic oxidation sites excluding steroid dienone is 2. The predicted molar refractivity (Wildman–Crippen MR) is 126 cm³/mol. The molecule has 3 heterocycles. The van der Waals surface area contributed by atoms with Gasteiger partial charge in [0.25, 0.3) is 5.56 Å². The molecule has 0 bridgehead atoms. The minimum absolute atomic E-state index is 0.115. The molecule has 0 fully saturated rings. The number of aromatic amines is 1. The second kappa shape index (κ2) is 7.80. The highest BCUT2D eigenvalue weighted by atomic mass is 32.2. The van der Waals surface area contributed by atoms with Crippen molar-refractivity contribution in [3.05, 3.63) is 85.5 Å². The summed E-state index contributed by atoms with van der Waals surface area (Å²) in [5, 5.41) is 5.94. The Kier molecular flexibility index (Phi) is 5.10. The molecule has 0 radical (unpaired) electrons. The van der Waals surface area contributed by atoms with Crippen LogP contribution in [0.1, 0.15) is 48.6 Å². The fourth-order valence-electron chi connectivity index (χ4n) is 4.43. The molecule has 0 amide bonds. The molecule has 5 rings (SSSR count). The van der Waals surface area contributed by atoms with Gasteiger partial charge in [-0.05, 0) is 28.8 Å². The largest absolute Gasteiger partial charge is 0.343 e. The monoisotopic (exact) mass is 449 g/mol. The van der Waals surface area contributed by atoms with Crippen LogP contribution in [0.5, 0.6) is 0 Å². The number of fused-ring (bicyclic) bond motifs is 1. The average molecular weight is 450 g/mol. The summed E-state index contributed by atoms with van der Waals surface area (Å²) in [6.45, 7) is 4.22. The first-order valence-electron chi connectivity index (χ1n) is 10.3. The van der Waals surface area contributed by atoms with Crippen LogP contribution in [0.4, 0.5) is 5.82 Å². The summed E-state index contributed by atoms with van der Waals surface area (Å²) in [7, 11) is 0. The fraction of sp³-hybridized carbons (Fsp3) is 0.292. The SMILES string of the molecule is CC1(C)CC(=O)C2=C(C1)Nc1nc(SCc3ccccc3)[nH]c(=O)c1[C@H]2c1cccs1. The van der Waals surface area contributed by atoms with Crippen molar-refractivity contribution in [2.24, 2.45) is 5.41 Å². The van der Waals surface area contributed by atoms with Crippen molar-refractivity contribution in [3.8, 4) is 0 Å². The van der Waals surface area contributed by atoms with Crippen molar-refractivity contribution in [1.29, 1.82) is 0 Å². The molecule has 3 aromatic rings. The van der Waals surface area contributed by atoms with E-state index in [1.165, 1.54) is 17.3 Å². The summed E-state index contributed by atoms with van der Waals surface area (Å²) in [6.07, 6.45) is 1.25. The van der Waals surface area contributed by atoms with Crippen LogP contribution in [0.25, 0.3) is 0 Å². The maximum absolute atomic E-state index is 13.2. The zero-order valence-electron chi connectivity index (χ0n) is 17.4. The smallest absolute Gasteiger partial charge is 0.257 e. The molecule has 5 nitrogen and oxygen atoms in total. The van der Waals surface area contributed by atoms with Crippen LogP contribution in [-0.2, 0) is 10.5 Å². The molecule has 2 aromatic heterocycles. The molecule has 2 N–H and O–H groups in total. The number of anilines is 1. The number of carbonyl (C=O) groups excluding carboxylic acids is 1. The van der Waals surface area contributed by atoms with Crippen LogP contribution in [-0.4, -0.2) is 15.8 Å². The lowest BCUT2D eigenvalue weighted by molar-refractivity contribution is -0.118. The first-order valence-corrected chi connectivity index (χ1v) is 12.2. The maximum atomic E-state index is 13.2.